The van der Waals surface area contributed by atoms with Gasteiger partial charge in [-0.05, 0) is 35.9 Å². The number of ether oxygens (including phenoxy) is 1. The van der Waals surface area contributed by atoms with Crippen molar-refractivity contribution in [3.63, 3.8) is 0 Å². The van der Waals surface area contributed by atoms with Gasteiger partial charge in [0.15, 0.2) is 0 Å². The molecule has 0 spiro atoms. The molecule has 1 atom stereocenters. The maximum atomic E-state index is 13.1. The zero-order valence-electron chi connectivity index (χ0n) is 13.9. The highest BCUT2D eigenvalue weighted by atomic mass is 19.1. The van der Waals surface area contributed by atoms with Crippen LogP contribution in [-0.2, 0) is 17.9 Å². The first kappa shape index (κ1) is 16.0. The van der Waals surface area contributed by atoms with Gasteiger partial charge in [-0.25, -0.2) is 4.39 Å². The normalized spacial score (nSPS) is 16.6. The number of hydrogen-bond acceptors (Lipinski definition) is 3. The lowest BCUT2D eigenvalue weighted by molar-refractivity contribution is 0.0809. The minimum Gasteiger partial charge on any atom is -0.374 e. The zero-order valence-corrected chi connectivity index (χ0v) is 13.9. The van der Waals surface area contributed by atoms with Crippen LogP contribution in [0.15, 0.2) is 60.7 Å². The third-order valence-corrected chi connectivity index (χ3v) is 4.41. The lowest BCUT2D eigenvalue weighted by Crippen LogP contribution is -2.35. The van der Waals surface area contributed by atoms with E-state index in [1.807, 2.05) is 22.9 Å². The molecule has 0 unspecified atom stereocenters. The molecular weight excluding hydrogens is 317 g/mol. The molecule has 1 aliphatic heterocycles. The lowest BCUT2D eigenvalue weighted by Gasteiger charge is -2.25. The molecule has 25 heavy (non-hydrogen) atoms. The number of benzene rings is 2. The van der Waals surface area contributed by atoms with Gasteiger partial charge in [0.25, 0.3) is 0 Å². The van der Waals surface area contributed by atoms with E-state index in [1.165, 1.54) is 17.7 Å². The van der Waals surface area contributed by atoms with Crippen LogP contribution in [0.4, 0.5) is 4.39 Å². The molecule has 5 heteroatoms. The summed E-state index contributed by atoms with van der Waals surface area (Å²) in [6.07, 6.45) is 0. The first-order valence-corrected chi connectivity index (χ1v) is 8.46. The van der Waals surface area contributed by atoms with Gasteiger partial charge < -0.3 is 10.1 Å². The smallest absolute Gasteiger partial charge is 0.123 e. The molecule has 1 aromatic heterocycles. The van der Waals surface area contributed by atoms with Crippen molar-refractivity contribution in [2.75, 3.05) is 13.2 Å². The van der Waals surface area contributed by atoms with Crippen molar-refractivity contribution in [1.82, 2.24) is 15.1 Å². The number of nitrogens with one attached hydrogen (secondary N) is 1. The van der Waals surface area contributed by atoms with Crippen molar-refractivity contribution in [1.29, 1.82) is 0 Å². The Morgan fingerprint density at radius 2 is 1.92 bits per heavy atom. The minimum atomic E-state index is -0.235. The van der Waals surface area contributed by atoms with Crippen LogP contribution in [0.3, 0.4) is 0 Å². The van der Waals surface area contributed by atoms with Gasteiger partial charge in [-0.15, -0.1) is 0 Å². The van der Waals surface area contributed by atoms with Gasteiger partial charge >= 0.3 is 0 Å². The Morgan fingerprint density at radius 3 is 2.72 bits per heavy atom. The van der Waals surface area contributed by atoms with Gasteiger partial charge in [0, 0.05) is 18.7 Å². The van der Waals surface area contributed by atoms with E-state index in [0.717, 1.165) is 30.0 Å². The second kappa shape index (κ2) is 7.17. The maximum Gasteiger partial charge on any atom is 0.123 e. The Hall–Kier alpha value is -2.50. The predicted molar refractivity (Wildman–Crippen MR) is 94.5 cm³/mol. The third-order valence-electron chi connectivity index (χ3n) is 4.41. The highest BCUT2D eigenvalue weighted by molar-refractivity contribution is 5.59. The SMILES string of the molecule is Fc1ccc(-c2cc3n(n2)[C@@H](COCc2ccccc2)CNC3)cc1. The summed E-state index contributed by atoms with van der Waals surface area (Å²) < 4.78 is 21.1. The molecule has 0 saturated carbocycles. The van der Waals surface area contributed by atoms with Gasteiger partial charge in [-0.2, -0.15) is 5.10 Å². The number of halogens is 1. The van der Waals surface area contributed by atoms with Crippen LogP contribution in [0, 0.1) is 5.82 Å². The van der Waals surface area contributed by atoms with E-state index in [-0.39, 0.29) is 11.9 Å². The van der Waals surface area contributed by atoms with Crippen molar-refractivity contribution >= 4 is 0 Å². The van der Waals surface area contributed by atoms with Crippen LogP contribution < -0.4 is 5.32 Å². The fourth-order valence-corrected chi connectivity index (χ4v) is 3.11. The molecule has 4 rings (SSSR count). The van der Waals surface area contributed by atoms with Crippen LogP contribution >= 0.6 is 0 Å². The standard InChI is InChI=1S/C20H20FN3O/c21-17-8-6-16(7-9-17)20-10-18-11-22-12-19(24(18)23-20)14-25-13-15-4-2-1-3-5-15/h1-10,19,22H,11-14H2/t19-/m1/s1. The first-order valence-electron chi connectivity index (χ1n) is 8.46. The molecule has 2 heterocycles. The first-order chi connectivity index (χ1) is 12.3. The van der Waals surface area contributed by atoms with Crippen LogP contribution in [0.25, 0.3) is 11.3 Å². The Bertz CT molecular complexity index is 830. The van der Waals surface area contributed by atoms with Crippen molar-refractivity contribution < 1.29 is 9.13 Å². The average molecular weight is 337 g/mol. The van der Waals surface area contributed by atoms with E-state index >= 15 is 0 Å². The van der Waals surface area contributed by atoms with Gasteiger partial charge in [-0.1, -0.05) is 30.3 Å². The zero-order chi connectivity index (χ0) is 17.1. The van der Waals surface area contributed by atoms with Gasteiger partial charge in [0.05, 0.1) is 30.6 Å². The Morgan fingerprint density at radius 1 is 1.12 bits per heavy atom. The molecule has 1 aliphatic rings. The van der Waals surface area contributed by atoms with Crippen LogP contribution in [0.5, 0.6) is 0 Å². The molecule has 0 radical (unpaired) electrons. The maximum absolute atomic E-state index is 13.1. The molecule has 128 valence electrons. The number of fused-ring (bicyclic) bond motifs is 1. The second-order valence-corrected chi connectivity index (χ2v) is 6.26. The van der Waals surface area contributed by atoms with Crippen LogP contribution in [0.2, 0.25) is 0 Å². The molecule has 1 N–H and O–H groups in total. The van der Waals surface area contributed by atoms with Gasteiger partial charge in [-0.3, -0.25) is 4.68 Å². The molecule has 2 aromatic carbocycles. The van der Waals surface area contributed by atoms with Gasteiger partial charge in [0.1, 0.15) is 5.82 Å². The summed E-state index contributed by atoms with van der Waals surface area (Å²) in [5, 5.41) is 8.14. The van der Waals surface area contributed by atoms with E-state index in [1.54, 1.807) is 12.1 Å². The van der Waals surface area contributed by atoms with E-state index in [2.05, 4.69) is 23.5 Å². The van der Waals surface area contributed by atoms with Crippen molar-refractivity contribution in [3.8, 4) is 11.3 Å². The topological polar surface area (TPSA) is 39.1 Å². The molecule has 0 bridgehead atoms. The predicted octanol–water partition coefficient (Wildman–Crippen LogP) is 3.55. The largest absolute Gasteiger partial charge is 0.374 e. The number of nitrogens with zero attached hydrogens (tertiary/aromatic N) is 2. The highest BCUT2D eigenvalue weighted by Gasteiger charge is 2.22. The summed E-state index contributed by atoms with van der Waals surface area (Å²) in [5.41, 5.74) is 4.08. The number of hydrogen-bond donors (Lipinski definition) is 1. The van der Waals surface area contributed by atoms with Gasteiger partial charge in [0.2, 0.25) is 0 Å². The molecular formula is C20H20FN3O. The lowest BCUT2D eigenvalue weighted by atomic mass is 10.1. The molecule has 0 aliphatic carbocycles. The average Bonchev–Trinajstić information content (AvgIpc) is 3.08. The van der Waals surface area contributed by atoms with Crippen molar-refractivity contribution in [3.05, 3.63) is 77.7 Å². The van der Waals surface area contributed by atoms with Crippen LogP contribution in [-0.4, -0.2) is 22.9 Å². The Labute approximate surface area is 146 Å². The van der Waals surface area contributed by atoms with Crippen molar-refractivity contribution in [2.45, 2.75) is 19.2 Å². The summed E-state index contributed by atoms with van der Waals surface area (Å²) in [4.78, 5) is 0. The Kier molecular flexibility index (Phi) is 4.59. The van der Waals surface area contributed by atoms with E-state index in [9.17, 15) is 4.39 Å². The van der Waals surface area contributed by atoms with E-state index < -0.39 is 0 Å². The summed E-state index contributed by atoms with van der Waals surface area (Å²) in [6.45, 7) is 2.80. The fourth-order valence-electron chi connectivity index (χ4n) is 3.11. The molecule has 4 nitrogen and oxygen atoms in total. The summed E-state index contributed by atoms with van der Waals surface area (Å²) in [6, 6.07) is 18.8. The molecule has 0 amide bonds. The Balaban J connectivity index is 1.47. The monoisotopic (exact) mass is 337 g/mol. The molecule has 3 aromatic rings. The molecule has 0 fully saturated rings. The number of rotatable bonds is 5. The summed E-state index contributed by atoms with van der Waals surface area (Å²) >= 11 is 0. The quantitative estimate of drug-likeness (QED) is 0.774. The fraction of sp³-hybridized carbons (Fsp3) is 0.250. The molecule has 0 saturated heterocycles. The van der Waals surface area contributed by atoms with E-state index in [4.69, 9.17) is 9.84 Å². The summed E-state index contributed by atoms with van der Waals surface area (Å²) in [7, 11) is 0. The van der Waals surface area contributed by atoms with Crippen LogP contribution in [0.1, 0.15) is 17.3 Å². The second-order valence-electron chi connectivity index (χ2n) is 6.26. The van der Waals surface area contributed by atoms with Crippen molar-refractivity contribution in [2.24, 2.45) is 0 Å². The van der Waals surface area contributed by atoms with E-state index in [0.29, 0.717) is 13.2 Å². The highest BCUT2D eigenvalue weighted by Crippen LogP contribution is 2.24. The minimum absolute atomic E-state index is 0.154. The number of aromatic nitrogens is 2. The summed E-state index contributed by atoms with van der Waals surface area (Å²) in [5.74, 6) is -0.235. The third kappa shape index (κ3) is 3.62.